The molecule has 0 aromatic heterocycles. The summed E-state index contributed by atoms with van der Waals surface area (Å²) < 4.78 is 32.8. The van der Waals surface area contributed by atoms with Crippen molar-refractivity contribution in [1.29, 1.82) is 0 Å². The van der Waals surface area contributed by atoms with Crippen LogP contribution in [-0.4, -0.2) is 65.7 Å². The average Bonchev–Trinajstić information content (AvgIpc) is 3.27. The summed E-state index contributed by atoms with van der Waals surface area (Å²) in [4.78, 5) is 35.1. The number of unbranched alkanes of at least 4 members (excludes halogenated alkanes) is 28. The molecule has 0 bridgehead atoms. The number of phosphoric ester groups is 1. The minimum Gasteiger partial charge on any atom is -0.462 e. The van der Waals surface area contributed by atoms with Gasteiger partial charge in [0.05, 0.1) is 19.8 Å². The number of carbonyl (C=O) groups excluding carboxylic acids is 2. The molecule has 0 amide bonds. The maximum Gasteiger partial charge on any atom is 0.472 e. The molecule has 0 fully saturated rings. The Kier molecular flexibility index (Phi) is 45.1. The summed E-state index contributed by atoms with van der Waals surface area (Å²) in [7, 11) is -4.64. The summed E-state index contributed by atoms with van der Waals surface area (Å²) in [5, 5.41) is 18.4. The van der Waals surface area contributed by atoms with Crippen molar-refractivity contribution in [3.8, 4) is 47.4 Å². The molecule has 360 valence electrons. The highest BCUT2D eigenvalue weighted by molar-refractivity contribution is 7.47. The van der Waals surface area contributed by atoms with Crippen LogP contribution in [0.2, 0.25) is 0 Å². The summed E-state index contributed by atoms with van der Waals surface area (Å²) in [5.41, 5.74) is 0. The molecule has 3 atom stereocenters. The van der Waals surface area contributed by atoms with Crippen molar-refractivity contribution in [2.45, 2.75) is 244 Å². The van der Waals surface area contributed by atoms with Crippen LogP contribution in [-0.2, 0) is 32.7 Å². The van der Waals surface area contributed by atoms with Crippen LogP contribution in [0.3, 0.4) is 0 Å². The number of rotatable bonds is 42. The van der Waals surface area contributed by atoms with Crippen LogP contribution in [0.4, 0.5) is 0 Å². The Morgan fingerprint density at radius 2 is 0.810 bits per heavy atom. The van der Waals surface area contributed by atoms with Crippen molar-refractivity contribution in [3.05, 3.63) is 0 Å². The standard InChI is InChI=1S/C52H87O10P/c1-3-5-7-9-11-13-15-17-19-21-23-25-27-29-31-33-35-37-39-41-43-51(55)59-47-50(48-61-63(57,58)60-46-49(54)45-53)62-52(56)44-42-40-38-36-34-32-30-28-26-24-22-20-18-16-14-12-10-8-6-4-2/h49-50,53-54H,3-20,29-48H2,1-2H3,(H,57,58). The fourth-order valence-corrected chi connectivity index (χ4v) is 7.36. The van der Waals surface area contributed by atoms with Gasteiger partial charge < -0.3 is 24.6 Å². The fraction of sp³-hybridized carbons (Fsp3) is 0.808. The molecule has 0 heterocycles. The molecule has 0 aromatic carbocycles. The third kappa shape index (κ3) is 47.0. The van der Waals surface area contributed by atoms with Gasteiger partial charge >= 0.3 is 19.8 Å². The second-order valence-electron chi connectivity index (χ2n) is 16.6. The molecular weight excluding hydrogens is 816 g/mol. The van der Waals surface area contributed by atoms with E-state index in [1.165, 1.54) is 89.9 Å². The van der Waals surface area contributed by atoms with Gasteiger partial charge in [-0.15, -0.1) is 0 Å². The number of carbonyl (C=O) groups is 2. The van der Waals surface area contributed by atoms with Crippen LogP contribution in [0.1, 0.15) is 232 Å². The molecule has 11 heteroatoms. The van der Waals surface area contributed by atoms with Crippen molar-refractivity contribution >= 4 is 19.8 Å². The topological polar surface area (TPSA) is 149 Å². The highest BCUT2D eigenvalue weighted by Gasteiger charge is 2.27. The highest BCUT2D eigenvalue weighted by atomic mass is 31.2. The van der Waals surface area contributed by atoms with E-state index in [-0.39, 0.29) is 19.4 Å². The Morgan fingerprint density at radius 1 is 0.476 bits per heavy atom. The summed E-state index contributed by atoms with van der Waals surface area (Å²) in [5.74, 6) is 23.5. The molecule has 3 unspecified atom stereocenters. The second-order valence-corrected chi connectivity index (χ2v) is 18.0. The number of ether oxygens (including phenoxy) is 2. The van der Waals surface area contributed by atoms with Crippen LogP contribution in [0.15, 0.2) is 0 Å². The van der Waals surface area contributed by atoms with Gasteiger partial charge in [-0.25, -0.2) is 4.57 Å². The summed E-state index contributed by atoms with van der Waals surface area (Å²) in [6.07, 6.45) is 33.4. The third-order valence-corrected chi connectivity index (χ3v) is 11.4. The van der Waals surface area contributed by atoms with Gasteiger partial charge in [0.25, 0.3) is 0 Å². The minimum absolute atomic E-state index is 0.142. The first-order valence-corrected chi connectivity index (χ1v) is 26.4. The normalized spacial score (nSPS) is 12.5. The van der Waals surface area contributed by atoms with E-state index < -0.39 is 51.8 Å². The van der Waals surface area contributed by atoms with Gasteiger partial charge in [0.1, 0.15) is 12.7 Å². The van der Waals surface area contributed by atoms with Crippen molar-refractivity contribution in [1.82, 2.24) is 0 Å². The smallest absolute Gasteiger partial charge is 0.462 e. The van der Waals surface area contributed by atoms with Crippen molar-refractivity contribution in [2.24, 2.45) is 0 Å². The van der Waals surface area contributed by atoms with E-state index in [1.807, 2.05) is 0 Å². The monoisotopic (exact) mass is 903 g/mol. The summed E-state index contributed by atoms with van der Waals surface area (Å²) in [6, 6.07) is 0. The molecule has 63 heavy (non-hydrogen) atoms. The largest absolute Gasteiger partial charge is 0.472 e. The minimum atomic E-state index is -4.64. The van der Waals surface area contributed by atoms with E-state index in [1.54, 1.807) is 0 Å². The first kappa shape index (κ1) is 60.2. The lowest BCUT2D eigenvalue weighted by Gasteiger charge is -2.20. The Morgan fingerprint density at radius 3 is 1.19 bits per heavy atom. The maximum atomic E-state index is 12.7. The predicted octanol–water partition coefficient (Wildman–Crippen LogP) is 12.2. The van der Waals surface area contributed by atoms with Gasteiger partial charge in [0, 0.05) is 38.5 Å². The fourth-order valence-electron chi connectivity index (χ4n) is 6.57. The van der Waals surface area contributed by atoms with Gasteiger partial charge in [0.2, 0.25) is 0 Å². The number of phosphoric acid groups is 1. The van der Waals surface area contributed by atoms with Crippen molar-refractivity contribution in [3.63, 3.8) is 0 Å². The number of aliphatic hydroxyl groups excluding tert-OH is 2. The van der Waals surface area contributed by atoms with Crippen LogP contribution in [0, 0.1) is 47.4 Å². The van der Waals surface area contributed by atoms with E-state index >= 15 is 0 Å². The highest BCUT2D eigenvalue weighted by Crippen LogP contribution is 2.43. The molecule has 0 saturated heterocycles. The quantitative estimate of drug-likeness (QED) is 0.0234. The van der Waals surface area contributed by atoms with Crippen LogP contribution < -0.4 is 0 Å². The molecule has 0 radical (unpaired) electrons. The van der Waals surface area contributed by atoms with Crippen LogP contribution in [0.5, 0.6) is 0 Å². The number of hydrogen-bond donors (Lipinski definition) is 3. The van der Waals surface area contributed by atoms with E-state index in [2.05, 4.69) is 61.2 Å². The van der Waals surface area contributed by atoms with E-state index in [4.69, 9.17) is 23.6 Å². The zero-order valence-corrected chi connectivity index (χ0v) is 40.6. The Hall–Kier alpha value is -2.79. The lowest BCUT2D eigenvalue weighted by atomic mass is 10.1. The van der Waals surface area contributed by atoms with Crippen molar-refractivity contribution < 1.29 is 47.8 Å². The molecule has 0 spiro atoms. The Balaban J connectivity index is 4.30. The van der Waals surface area contributed by atoms with E-state index in [0.717, 1.165) is 103 Å². The maximum absolute atomic E-state index is 12.7. The molecular formula is C52H87O10P. The number of hydrogen-bond acceptors (Lipinski definition) is 9. The summed E-state index contributed by atoms with van der Waals surface area (Å²) in [6.45, 7) is 2.29. The number of aliphatic hydroxyl groups is 2. The lowest BCUT2D eigenvalue weighted by Crippen LogP contribution is -2.29. The predicted molar refractivity (Wildman–Crippen MR) is 255 cm³/mol. The lowest BCUT2D eigenvalue weighted by molar-refractivity contribution is -0.161. The van der Waals surface area contributed by atoms with Gasteiger partial charge in [-0.3, -0.25) is 18.6 Å². The zero-order chi connectivity index (χ0) is 46.2. The molecule has 0 aliphatic rings. The van der Waals surface area contributed by atoms with Gasteiger partial charge in [-0.1, -0.05) is 179 Å². The molecule has 3 N–H and O–H groups in total. The van der Waals surface area contributed by atoms with Gasteiger partial charge in [0.15, 0.2) is 6.10 Å². The van der Waals surface area contributed by atoms with Crippen molar-refractivity contribution in [2.75, 3.05) is 26.4 Å². The van der Waals surface area contributed by atoms with E-state index in [0.29, 0.717) is 12.8 Å². The molecule has 0 aromatic rings. The molecule has 0 saturated carbocycles. The Bertz CT molecular complexity index is 1400. The zero-order valence-electron chi connectivity index (χ0n) is 39.7. The first-order chi connectivity index (χ1) is 30.7. The van der Waals surface area contributed by atoms with Crippen LogP contribution in [0.25, 0.3) is 0 Å². The average molecular weight is 903 g/mol. The molecule has 0 aliphatic heterocycles. The summed E-state index contributed by atoms with van der Waals surface area (Å²) >= 11 is 0. The van der Waals surface area contributed by atoms with Gasteiger partial charge in [-0.2, -0.15) is 0 Å². The Labute approximate surface area is 384 Å². The second kappa shape index (κ2) is 47.2. The molecule has 0 aliphatic carbocycles. The molecule has 10 nitrogen and oxygen atoms in total. The first-order valence-electron chi connectivity index (χ1n) is 24.9. The SMILES string of the molecule is CCCCCCCCCCC#CC#CCCCCCCCCC(=O)OCC(COP(=O)(O)OCC(O)CO)OC(=O)CCCCCCCCC#CC#CCCCCCCCCCC. The van der Waals surface area contributed by atoms with Crippen LogP contribution >= 0.6 is 7.82 Å². The number of esters is 2. The van der Waals surface area contributed by atoms with Gasteiger partial charge in [-0.05, 0) is 62.2 Å². The molecule has 0 rings (SSSR count). The van der Waals surface area contributed by atoms with E-state index in [9.17, 15) is 24.2 Å². The third-order valence-electron chi connectivity index (χ3n) is 10.4.